The number of rotatable bonds is 15. The van der Waals surface area contributed by atoms with Crippen LogP contribution in [-0.4, -0.2) is 25.8 Å². The zero-order valence-electron chi connectivity index (χ0n) is 23.0. The van der Waals surface area contributed by atoms with Gasteiger partial charge in [0, 0.05) is 23.2 Å². The molecule has 1 N–H and O–H groups in total. The standard InChI is InChI=1S/C30H34F2NO5PS/c1-5-35-30(34)21(4)16-24-17-27(31)29(28(32)18-24)38-25-12-14-26(15-13-25)40-33-19-22-8-10-23(11-9-22)20-39(36-6-2)37-7-3/h8-18,33H,5-7,19-20H2,1-4H3/b21-16+. The van der Waals surface area contributed by atoms with Crippen LogP contribution in [0.15, 0.2) is 71.1 Å². The number of hydrogen-bond acceptors (Lipinski definition) is 7. The highest BCUT2D eigenvalue weighted by molar-refractivity contribution is 7.97. The van der Waals surface area contributed by atoms with Gasteiger partial charge in [0.15, 0.2) is 25.8 Å². The van der Waals surface area contributed by atoms with Crippen LogP contribution in [0.2, 0.25) is 0 Å². The van der Waals surface area contributed by atoms with Crippen LogP contribution in [0.3, 0.4) is 0 Å². The average molecular weight is 590 g/mol. The SMILES string of the molecule is CCOC(=O)/C(C)=C/c1cc(F)c(Oc2ccc(SNCc3ccc(CP(OCC)OCC)cc3)cc2)c(F)c1. The smallest absolute Gasteiger partial charge is 0.333 e. The first-order chi connectivity index (χ1) is 19.3. The monoisotopic (exact) mass is 589 g/mol. The Morgan fingerprint density at radius 2 is 1.50 bits per heavy atom. The van der Waals surface area contributed by atoms with Crippen LogP contribution in [0.4, 0.5) is 8.78 Å². The minimum atomic E-state index is -0.909. The predicted molar refractivity (Wildman–Crippen MR) is 156 cm³/mol. The lowest BCUT2D eigenvalue weighted by Crippen LogP contribution is -2.05. The molecular formula is C30H34F2NO5PS. The van der Waals surface area contributed by atoms with Gasteiger partial charge in [-0.2, -0.15) is 0 Å². The van der Waals surface area contributed by atoms with E-state index in [0.717, 1.165) is 28.8 Å². The van der Waals surface area contributed by atoms with E-state index in [9.17, 15) is 13.6 Å². The van der Waals surface area contributed by atoms with E-state index < -0.39 is 31.7 Å². The molecule has 6 nitrogen and oxygen atoms in total. The molecule has 0 unspecified atom stereocenters. The Morgan fingerprint density at radius 3 is 2.08 bits per heavy atom. The van der Waals surface area contributed by atoms with Gasteiger partial charge < -0.3 is 18.5 Å². The first-order valence-electron chi connectivity index (χ1n) is 13.0. The average Bonchev–Trinajstić information content (AvgIpc) is 2.93. The van der Waals surface area contributed by atoms with Crippen LogP contribution in [0, 0.1) is 11.6 Å². The van der Waals surface area contributed by atoms with Crippen molar-refractivity contribution in [2.75, 3.05) is 19.8 Å². The normalized spacial score (nSPS) is 11.6. The molecule has 0 bridgehead atoms. The van der Waals surface area contributed by atoms with Gasteiger partial charge in [0.05, 0.1) is 19.8 Å². The van der Waals surface area contributed by atoms with Crippen LogP contribution >= 0.6 is 20.3 Å². The van der Waals surface area contributed by atoms with E-state index in [1.807, 2.05) is 13.8 Å². The molecule has 3 rings (SSSR count). The van der Waals surface area contributed by atoms with E-state index >= 15 is 0 Å². The lowest BCUT2D eigenvalue weighted by Gasteiger charge is -2.15. The second kappa shape index (κ2) is 16.5. The summed E-state index contributed by atoms with van der Waals surface area (Å²) in [6, 6.07) is 17.4. The Hall–Kier alpha value is -2.81. The van der Waals surface area contributed by atoms with Gasteiger partial charge in [-0.25, -0.2) is 13.6 Å². The molecule has 214 valence electrons. The molecule has 0 amide bonds. The number of esters is 1. The van der Waals surface area contributed by atoms with Gasteiger partial charge in [-0.1, -0.05) is 24.3 Å². The zero-order valence-corrected chi connectivity index (χ0v) is 24.7. The number of ether oxygens (including phenoxy) is 2. The molecule has 0 radical (unpaired) electrons. The Morgan fingerprint density at radius 1 is 0.900 bits per heavy atom. The van der Waals surface area contributed by atoms with Crippen LogP contribution in [-0.2, 0) is 31.3 Å². The zero-order chi connectivity index (χ0) is 28.9. The number of carbonyl (C=O) groups is 1. The molecular weight excluding hydrogens is 555 g/mol. The van der Waals surface area contributed by atoms with Crippen LogP contribution in [0.25, 0.3) is 6.08 Å². The second-order valence-corrected chi connectivity index (χ2v) is 11.0. The van der Waals surface area contributed by atoms with E-state index in [1.54, 1.807) is 31.2 Å². The molecule has 0 heterocycles. The van der Waals surface area contributed by atoms with E-state index in [2.05, 4.69) is 29.0 Å². The van der Waals surface area contributed by atoms with E-state index in [-0.39, 0.29) is 17.7 Å². The highest BCUT2D eigenvalue weighted by Gasteiger charge is 2.15. The van der Waals surface area contributed by atoms with Crippen LogP contribution in [0.1, 0.15) is 44.4 Å². The largest absolute Gasteiger partial charge is 0.463 e. The second-order valence-electron chi connectivity index (χ2n) is 8.50. The quantitative estimate of drug-likeness (QED) is 0.0826. The summed E-state index contributed by atoms with van der Waals surface area (Å²) in [6.07, 6.45) is 2.13. The van der Waals surface area contributed by atoms with Crippen molar-refractivity contribution in [3.05, 3.63) is 94.6 Å². The lowest BCUT2D eigenvalue weighted by molar-refractivity contribution is -0.138. The fourth-order valence-electron chi connectivity index (χ4n) is 3.54. The summed E-state index contributed by atoms with van der Waals surface area (Å²) in [5.74, 6) is -2.51. The Labute approximate surface area is 240 Å². The first-order valence-corrected chi connectivity index (χ1v) is 15.1. The summed E-state index contributed by atoms with van der Waals surface area (Å²) in [5.41, 5.74) is 2.74. The molecule has 0 aliphatic heterocycles. The van der Waals surface area contributed by atoms with Gasteiger partial charge in [-0.05, 0) is 98.8 Å². The minimum absolute atomic E-state index is 0.196. The predicted octanol–water partition coefficient (Wildman–Crippen LogP) is 8.41. The maximum Gasteiger partial charge on any atom is 0.333 e. The molecule has 0 saturated carbocycles. The molecule has 0 atom stereocenters. The fourth-order valence-corrected chi connectivity index (χ4v) is 5.56. The first kappa shape index (κ1) is 31.7. The highest BCUT2D eigenvalue weighted by Crippen LogP contribution is 2.41. The van der Waals surface area contributed by atoms with Crippen LogP contribution in [0.5, 0.6) is 11.5 Å². The summed E-state index contributed by atoms with van der Waals surface area (Å²) in [7, 11) is -0.909. The summed E-state index contributed by atoms with van der Waals surface area (Å²) in [4.78, 5) is 12.7. The van der Waals surface area contributed by atoms with Gasteiger partial charge in [0.2, 0.25) is 0 Å². The molecule has 3 aromatic rings. The third kappa shape index (κ3) is 9.98. The summed E-state index contributed by atoms with van der Waals surface area (Å²) < 4.78 is 54.3. The minimum Gasteiger partial charge on any atom is -0.463 e. The molecule has 0 aliphatic rings. The summed E-state index contributed by atoms with van der Waals surface area (Å²) in [6.45, 7) is 9.28. The third-order valence-corrected chi connectivity index (χ3v) is 7.90. The van der Waals surface area contributed by atoms with Gasteiger partial charge in [-0.3, -0.25) is 4.72 Å². The molecule has 3 aromatic carbocycles. The Balaban J connectivity index is 1.52. The lowest BCUT2D eigenvalue weighted by atomic mass is 10.1. The highest BCUT2D eigenvalue weighted by atomic mass is 32.2. The molecule has 0 spiro atoms. The maximum absolute atomic E-state index is 14.6. The molecule has 0 saturated heterocycles. The maximum atomic E-state index is 14.6. The van der Waals surface area contributed by atoms with E-state index in [1.165, 1.54) is 30.5 Å². The van der Waals surface area contributed by atoms with Crippen molar-refractivity contribution >= 4 is 32.4 Å². The molecule has 0 aliphatic carbocycles. The Bertz CT molecular complexity index is 1240. The number of halogens is 2. The molecule has 40 heavy (non-hydrogen) atoms. The Kier molecular flexibility index (Phi) is 13.0. The number of nitrogens with one attached hydrogen (secondary N) is 1. The fraction of sp³-hybridized carbons (Fsp3) is 0.300. The number of hydrogen-bond donors (Lipinski definition) is 1. The van der Waals surface area contributed by atoms with Crippen molar-refractivity contribution in [2.24, 2.45) is 0 Å². The van der Waals surface area contributed by atoms with Crippen molar-refractivity contribution in [3.63, 3.8) is 0 Å². The number of benzene rings is 3. The van der Waals surface area contributed by atoms with Crippen molar-refractivity contribution in [3.8, 4) is 11.5 Å². The topological polar surface area (TPSA) is 66.0 Å². The van der Waals surface area contributed by atoms with Crippen molar-refractivity contribution < 1.29 is 32.1 Å². The molecule has 0 fully saturated rings. The van der Waals surface area contributed by atoms with Crippen LogP contribution < -0.4 is 9.46 Å². The number of carbonyl (C=O) groups excluding carboxylic acids is 1. The van der Waals surface area contributed by atoms with E-state index in [4.69, 9.17) is 18.5 Å². The molecule has 10 heteroatoms. The summed E-state index contributed by atoms with van der Waals surface area (Å²) >= 11 is 1.44. The van der Waals surface area contributed by atoms with Crippen molar-refractivity contribution in [2.45, 2.75) is 45.3 Å². The third-order valence-electron chi connectivity index (χ3n) is 5.39. The van der Waals surface area contributed by atoms with Gasteiger partial charge in [0.25, 0.3) is 0 Å². The molecule has 0 aromatic heterocycles. The van der Waals surface area contributed by atoms with Gasteiger partial charge >= 0.3 is 5.97 Å². The van der Waals surface area contributed by atoms with Crippen molar-refractivity contribution in [1.29, 1.82) is 0 Å². The van der Waals surface area contributed by atoms with Gasteiger partial charge in [-0.15, -0.1) is 0 Å². The van der Waals surface area contributed by atoms with Crippen molar-refractivity contribution in [1.82, 2.24) is 4.72 Å². The summed E-state index contributed by atoms with van der Waals surface area (Å²) in [5, 5.41) is 0. The van der Waals surface area contributed by atoms with E-state index in [0.29, 0.717) is 25.5 Å². The van der Waals surface area contributed by atoms with Gasteiger partial charge in [0.1, 0.15) is 5.75 Å².